The first-order chi connectivity index (χ1) is 10.6. The van der Waals surface area contributed by atoms with Crippen molar-refractivity contribution in [3.63, 3.8) is 0 Å². The molecule has 1 aromatic carbocycles. The van der Waals surface area contributed by atoms with E-state index in [9.17, 15) is 9.59 Å². The van der Waals surface area contributed by atoms with Gasteiger partial charge < -0.3 is 9.88 Å². The van der Waals surface area contributed by atoms with Crippen molar-refractivity contribution in [3.05, 3.63) is 70.1 Å². The maximum atomic E-state index is 12.2. The molecular weight excluding hydrogens is 276 g/mol. The SMILES string of the molecule is C[C@H](NC(=O)c1ccn(C)c(=O)c1)[C@@H]1C[C@H]1c1ccccc1. The molecule has 0 unspecified atom stereocenters. The van der Waals surface area contributed by atoms with Crippen molar-refractivity contribution in [3.8, 4) is 0 Å². The number of hydrogen-bond donors (Lipinski definition) is 1. The van der Waals surface area contributed by atoms with Gasteiger partial charge in [0.2, 0.25) is 0 Å². The fourth-order valence-corrected chi connectivity index (χ4v) is 2.94. The second-order valence-electron chi connectivity index (χ2n) is 6.04. The van der Waals surface area contributed by atoms with Gasteiger partial charge >= 0.3 is 0 Å². The maximum absolute atomic E-state index is 12.2. The Kier molecular flexibility index (Phi) is 3.84. The van der Waals surface area contributed by atoms with Crippen molar-refractivity contribution in [1.29, 1.82) is 0 Å². The fourth-order valence-electron chi connectivity index (χ4n) is 2.94. The van der Waals surface area contributed by atoms with E-state index in [-0.39, 0.29) is 17.5 Å². The summed E-state index contributed by atoms with van der Waals surface area (Å²) < 4.78 is 1.45. The van der Waals surface area contributed by atoms with E-state index in [2.05, 4.69) is 17.4 Å². The van der Waals surface area contributed by atoms with Crippen LogP contribution in [-0.4, -0.2) is 16.5 Å². The molecule has 4 heteroatoms. The highest BCUT2D eigenvalue weighted by molar-refractivity contribution is 5.94. The molecule has 1 aliphatic carbocycles. The number of benzene rings is 1. The van der Waals surface area contributed by atoms with E-state index in [1.807, 2.05) is 25.1 Å². The third-order valence-electron chi connectivity index (χ3n) is 4.44. The topological polar surface area (TPSA) is 51.1 Å². The first-order valence-electron chi connectivity index (χ1n) is 7.59. The van der Waals surface area contributed by atoms with Gasteiger partial charge in [0.1, 0.15) is 0 Å². The van der Waals surface area contributed by atoms with Crippen LogP contribution in [0.25, 0.3) is 0 Å². The molecular formula is C18H20N2O2. The lowest BCUT2D eigenvalue weighted by molar-refractivity contribution is 0.0935. The fraction of sp³-hybridized carbons (Fsp3) is 0.333. The third-order valence-corrected chi connectivity index (χ3v) is 4.44. The minimum atomic E-state index is -0.177. The number of rotatable bonds is 4. The Morgan fingerprint density at radius 1 is 1.27 bits per heavy atom. The molecule has 4 nitrogen and oxygen atoms in total. The van der Waals surface area contributed by atoms with Crippen LogP contribution < -0.4 is 10.9 Å². The predicted molar refractivity (Wildman–Crippen MR) is 85.9 cm³/mol. The number of carbonyl (C=O) groups excluding carboxylic acids is 1. The quantitative estimate of drug-likeness (QED) is 0.941. The zero-order chi connectivity index (χ0) is 15.7. The lowest BCUT2D eigenvalue weighted by Gasteiger charge is -2.14. The Morgan fingerprint density at radius 2 is 2.00 bits per heavy atom. The number of carbonyl (C=O) groups is 1. The van der Waals surface area contributed by atoms with Crippen molar-refractivity contribution in [2.24, 2.45) is 13.0 Å². The summed E-state index contributed by atoms with van der Waals surface area (Å²) in [5.41, 5.74) is 1.59. The van der Waals surface area contributed by atoms with E-state index in [0.29, 0.717) is 17.4 Å². The van der Waals surface area contributed by atoms with Gasteiger partial charge in [-0.05, 0) is 36.8 Å². The molecule has 3 rings (SSSR count). The Hall–Kier alpha value is -2.36. The molecule has 0 radical (unpaired) electrons. The summed E-state index contributed by atoms with van der Waals surface area (Å²) in [4.78, 5) is 23.8. The first-order valence-corrected chi connectivity index (χ1v) is 7.59. The maximum Gasteiger partial charge on any atom is 0.251 e. The molecule has 0 bridgehead atoms. The highest BCUT2D eigenvalue weighted by Gasteiger charge is 2.42. The van der Waals surface area contributed by atoms with Crippen LogP contribution in [0.5, 0.6) is 0 Å². The number of aromatic nitrogens is 1. The molecule has 1 fully saturated rings. The molecule has 114 valence electrons. The standard InChI is InChI=1S/C18H20N2O2/c1-12(15-11-16(15)13-6-4-3-5-7-13)19-18(22)14-8-9-20(2)17(21)10-14/h3-10,12,15-16H,11H2,1-2H3,(H,19,22)/t12-,15-,16-/m0/s1. The van der Waals surface area contributed by atoms with Gasteiger partial charge in [-0.2, -0.15) is 0 Å². The van der Waals surface area contributed by atoms with Crippen LogP contribution in [0.4, 0.5) is 0 Å². The summed E-state index contributed by atoms with van der Waals surface area (Å²) in [6.07, 6.45) is 2.72. The summed E-state index contributed by atoms with van der Waals surface area (Å²) in [7, 11) is 1.67. The van der Waals surface area contributed by atoms with Crippen molar-refractivity contribution in [1.82, 2.24) is 9.88 Å². The molecule has 1 heterocycles. The smallest absolute Gasteiger partial charge is 0.251 e. The van der Waals surface area contributed by atoms with Gasteiger partial charge in [-0.15, -0.1) is 0 Å². The van der Waals surface area contributed by atoms with Crippen molar-refractivity contribution in [2.45, 2.75) is 25.3 Å². The average molecular weight is 296 g/mol. The second kappa shape index (κ2) is 5.79. The number of nitrogens with zero attached hydrogens (tertiary/aromatic N) is 1. The van der Waals surface area contributed by atoms with E-state index in [4.69, 9.17) is 0 Å². The normalized spacial score (nSPS) is 21.2. The van der Waals surface area contributed by atoms with Crippen LogP contribution >= 0.6 is 0 Å². The van der Waals surface area contributed by atoms with Crippen molar-refractivity contribution >= 4 is 5.91 Å². The van der Waals surface area contributed by atoms with Crippen LogP contribution in [0.15, 0.2) is 53.5 Å². The second-order valence-corrected chi connectivity index (χ2v) is 6.04. The Bertz CT molecular complexity index is 736. The largest absolute Gasteiger partial charge is 0.349 e. The van der Waals surface area contributed by atoms with Crippen LogP contribution in [0.1, 0.15) is 35.2 Å². The van der Waals surface area contributed by atoms with E-state index in [0.717, 1.165) is 6.42 Å². The average Bonchev–Trinajstić information content (AvgIpc) is 3.31. The Balaban J connectivity index is 1.63. The molecule has 1 amide bonds. The summed E-state index contributed by atoms with van der Waals surface area (Å²) >= 11 is 0. The van der Waals surface area contributed by atoms with E-state index < -0.39 is 0 Å². The molecule has 3 atom stereocenters. The van der Waals surface area contributed by atoms with Crippen LogP contribution in [0, 0.1) is 5.92 Å². The van der Waals surface area contributed by atoms with Gasteiger partial charge in [-0.1, -0.05) is 30.3 Å². The summed E-state index contributed by atoms with van der Waals surface area (Å²) in [6, 6.07) is 13.5. The lowest BCUT2D eigenvalue weighted by atomic mass is 10.1. The van der Waals surface area contributed by atoms with Crippen molar-refractivity contribution < 1.29 is 4.79 Å². The van der Waals surface area contributed by atoms with Gasteiger partial charge in [0, 0.05) is 30.9 Å². The minimum absolute atomic E-state index is 0.0989. The van der Waals surface area contributed by atoms with Crippen LogP contribution in [0.2, 0.25) is 0 Å². The Morgan fingerprint density at radius 3 is 2.68 bits per heavy atom. The highest BCUT2D eigenvalue weighted by atomic mass is 16.2. The van der Waals surface area contributed by atoms with Crippen molar-refractivity contribution in [2.75, 3.05) is 0 Å². The highest BCUT2D eigenvalue weighted by Crippen LogP contribution is 2.49. The Labute approximate surface area is 129 Å². The zero-order valence-electron chi connectivity index (χ0n) is 12.8. The summed E-state index contributed by atoms with van der Waals surface area (Å²) in [5, 5.41) is 3.02. The van der Waals surface area contributed by atoms with Gasteiger partial charge in [-0.3, -0.25) is 9.59 Å². The monoisotopic (exact) mass is 296 g/mol. The summed E-state index contributed by atoms with van der Waals surface area (Å²) in [5.74, 6) is 0.821. The number of pyridine rings is 1. The molecule has 1 aromatic heterocycles. The molecule has 0 aliphatic heterocycles. The number of nitrogens with one attached hydrogen (secondary N) is 1. The molecule has 1 saturated carbocycles. The first kappa shape index (κ1) is 14.6. The molecule has 0 saturated heterocycles. The molecule has 1 N–H and O–H groups in total. The third kappa shape index (κ3) is 2.96. The van der Waals surface area contributed by atoms with Gasteiger partial charge in [-0.25, -0.2) is 0 Å². The molecule has 2 aromatic rings. The zero-order valence-corrected chi connectivity index (χ0v) is 12.8. The van der Waals surface area contributed by atoms with Gasteiger partial charge in [0.15, 0.2) is 0 Å². The van der Waals surface area contributed by atoms with Crippen LogP contribution in [-0.2, 0) is 7.05 Å². The van der Waals surface area contributed by atoms with E-state index >= 15 is 0 Å². The predicted octanol–water partition coefficient (Wildman–Crippen LogP) is 2.31. The lowest BCUT2D eigenvalue weighted by Crippen LogP contribution is -2.35. The number of aryl methyl sites for hydroxylation is 1. The van der Waals surface area contributed by atoms with E-state index in [1.165, 1.54) is 16.2 Å². The van der Waals surface area contributed by atoms with Gasteiger partial charge in [0.05, 0.1) is 0 Å². The summed E-state index contributed by atoms with van der Waals surface area (Å²) in [6.45, 7) is 2.03. The van der Waals surface area contributed by atoms with Gasteiger partial charge in [0.25, 0.3) is 11.5 Å². The van der Waals surface area contributed by atoms with E-state index in [1.54, 1.807) is 19.3 Å². The molecule has 22 heavy (non-hydrogen) atoms. The minimum Gasteiger partial charge on any atom is -0.349 e. The molecule has 1 aliphatic rings. The van der Waals surface area contributed by atoms with Crippen LogP contribution in [0.3, 0.4) is 0 Å². The number of amides is 1. The number of hydrogen-bond acceptors (Lipinski definition) is 2. The molecule has 0 spiro atoms.